The molecule has 0 atom stereocenters. The quantitative estimate of drug-likeness (QED) is 0.518. The smallest absolute Gasteiger partial charge is 0.272 e. The predicted octanol–water partition coefficient (Wildman–Crippen LogP) is 0.396. The van der Waals surface area contributed by atoms with Crippen LogP contribution in [0, 0.1) is 0 Å². The molecule has 0 aromatic rings. The zero-order valence-electron chi connectivity index (χ0n) is 3.21. The molecule has 0 heterocycles. The minimum atomic E-state index is -4.38. The van der Waals surface area contributed by atoms with Crippen molar-refractivity contribution in [2.24, 2.45) is 0 Å². The van der Waals surface area contributed by atoms with Crippen LogP contribution in [0.15, 0.2) is 0 Å². The summed E-state index contributed by atoms with van der Waals surface area (Å²) >= 11 is 9.03. The van der Waals surface area contributed by atoms with Gasteiger partial charge in [-0.2, -0.15) is 8.42 Å². The monoisotopic (exact) mass is 224 g/mol. The molecule has 0 saturated carbocycles. The van der Waals surface area contributed by atoms with Crippen molar-refractivity contribution in [3.63, 3.8) is 0 Å². The van der Waals surface area contributed by atoms with E-state index in [1.54, 1.807) is 0 Å². The summed E-state index contributed by atoms with van der Waals surface area (Å²) in [5.41, 5.74) is 0. The topological polar surface area (TPSA) is 57.6 Å². The fourth-order valence-corrected chi connectivity index (χ4v) is 0. The van der Waals surface area contributed by atoms with E-state index >= 15 is 0 Å². The first-order chi connectivity index (χ1) is 2.94. The Labute approximate surface area is 67.0 Å². The first kappa shape index (κ1) is 11.7. The van der Waals surface area contributed by atoms with Crippen LogP contribution in [0.2, 0.25) is 0 Å². The van der Waals surface area contributed by atoms with Crippen LogP contribution in [0.4, 0.5) is 0 Å². The van der Waals surface area contributed by atoms with Gasteiger partial charge in [-0.3, -0.25) is 4.55 Å². The molecule has 1 radical (unpaired) electrons. The SMILES string of the molecule is O=S(=O)(O)N(Cl)Cl.[Co]. The predicted molar refractivity (Wildman–Crippen MR) is 25.1 cm³/mol. The molecule has 0 spiro atoms. The van der Waals surface area contributed by atoms with Gasteiger partial charge < -0.3 is 0 Å². The molecule has 0 aromatic heterocycles. The minimum Gasteiger partial charge on any atom is -0.272 e. The Morgan fingerprint density at radius 2 is 1.50 bits per heavy atom. The molecule has 8 heteroatoms. The van der Waals surface area contributed by atoms with Crippen LogP contribution in [0.1, 0.15) is 0 Å². The van der Waals surface area contributed by atoms with Gasteiger partial charge in [0.05, 0.1) is 0 Å². The molecule has 0 aromatic carbocycles. The van der Waals surface area contributed by atoms with Crippen LogP contribution in [-0.2, 0) is 27.1 Å². The van der Waals surface area contributed by atoms with Crippen molar-refractivity contribution in [1.82, 2.24) is 3.34 Å². The van der Waals surface area contributed by atoms with Gasteiger partial charge >= 0.3 is 10.3 Å². The second kappa shape index (κ2) is 3.88. The molecule has 53 valence electrons. The third kappa shape index (κ3) is 5.10. The summed E-state index contributed by atoms with van der Waals surface area (Å²) in [5.74, 6) is 0. The van der Waals surface area contributed by atoms with Crippen molar-refractivity contribution in [1.29, 1.82) is 0 Å². The molecule has 0 aliphatic carbocycles. The van der Waals surface area contributed by atoms with E-state index in [1.807, 2.05) is 0 Å². The average molecular weight is 225 g/mol. The van der Waals surface area contributed by atoms with Crippen molar-refractivity contribution >= 4 is 33.9 Å². The van der Waals surface area contributed by atoms with E-state index in [1.165, 1.54) is 0 Å². The second-order valence-corrected chi connectivity index (χ2v) is 3.16. The Bertz CT molecular complexity index is 139. The van der Waals surface area contributed by atoms with E-state index in [-0.39, 0.29) is 20.1 Å². The molecule has 1 N–H and O–H groups in total. The van der Waals surface area contributed by atoms with Gasteiger partial charge in [-0.05, 0) is 0 Å². The van der Waals surface area contributed by atoms with Crippen molar-refractivity contribution < 1.29 is 29.7 Å². The van der Waals surface area contributed by atoms with Crippen molar-refractivity contribution in [2.75, 3.05) is 0 Å². The van der Waals surface area contributed by atoms with Crippen LogP contribution in [0.5, 0.6) is 0 Å². The fourth-order valence-electron chi connectivity index (χ4n) is 0. The standard InChI is InChI=1S/Cl2HNO3S.Co/c1-3(2)7(4,5)6;/h(H,4,5,6);. The second-order valence-electron chi connectivity index (χ2n) is 0.650. The molecule has 0 amide bonds. The maximum absolute atomic E-state index is 9.55. The maximum atomic E-state index is 9.55. The van der Waals surface area contributed by atoms with E-state index in [9.17, 15) is 8.42 Å². The molecule has 0 unspecified atom stereocenters. The zero-order chi connectivity index (χ0) is 6.08. The van der Waals surface area contributed by atoms with Gasteiger partial charge in [0.15, 0.2) is 0 Å². The Morgan fingerprint density at radius 3 is 1.50 bits per heavy atom. The van der Waals surface area contributed by atoms with Gasteiger partial charge in [-0.15, -0.1) is 0 Å². The number of nitrogens with zero attached hydrogens (tertiary/aromatic N) is 1. The Hall–Kier alpha value is 0.956. The van der Waals surface area contributed by atoms with Gasteiger partial charge in [-0.25, -0.2) is 0 Å². The van der Waals surface area contributed by atoms with E-state index in [2.05, 4.69) is 23.6 Å². The largest absolute Gasteiger partial charge is 0.363 e. The van der Waals surface area contributed by atoms with Crippen LogP contribution < -0.4 is 0 Å². The van der Waals surface area contributed by atoms with Crippen molar-refractivity contribution in [3.8, 4) is 0 Å². The van der Waals surface area contributed by atoms with Gasteiger partial charge in [0.2, 0.25) is 0 Å². The minimum absolute atomic E-state index is 0. The van der Waals surface area contributed by atoms with E-state index in [0.29, 0.717) is 0 Å². The fraction of sp³-hybridized carbons (Fsp3) is 0. The first-order valence-corrected chi connectivity index (χ1v) is 3.11. The van der Waals surface area contributed by atoms with Crippen molar-refractivity contribution in [3.05, 3.63) is 0 Å². The van der Waals surface area contributed by atoms with Crippen LogP contribution >= 0.6 is 23.6 Å². The van der Waals surface area contributed by atoms with Crippen molar-refractivity contribution in [2.45, 2.75) is 0 Å². The summed E-state index contributed by atoms with van der Waals surface area (Å²) in [4.78, 5) is 0. The summed E-state index contributed by atoms with van der Waals surface area (Å²) in [6.07, 6.45) is 0. The Kier molecular flexibility index (Phi) is 5.69. The molecular formula is HCl2CoNO3S. The average Bonchev–Trinajstić information content (AvgIpc) is 1.31. The molecule has 4 nitrogen and oxygen atoms in total. The van der Waals surface area contributed by atoms with Crippen LogP contribution in [-0.4, -0.2) is 16.3 Å². The van der Waals surface area contributed by atoms with E-state index in [4.69, 9.17) is 4.55 Å². The summed E-state index contributed by atoms with van der Waals surface area (Å²) in [5, 5.41) is 0. The number of halogens is 2. The summed E-state index contributed by atoms with van der Waals surface area (Å²) in [6.45, 7) is 0. The Balaban J connectivity index is 0. The molecule has 0 saturated heterocycles. The van der Waals surface area contributed by atoms with Gasteiger partial charge in [0.25, 0.3) is 0 Å². The molecule has 0 aliphatic heterocycles. The van der Waals surface area contributed by atoms with Gasteiger partial charge in [0, 0.05) is 43.7 Å². The third-order valence-corrected chi connectivity index (χ3v) is 1.57. The maximum Gasteiger partial charge on any atom is 0.363 e. The number of hydrogen-bond donors (Lipinski definition) is 1. The van der Waals surface area contributed by atoms with E-state index < -0.39 is 10.3 Å². The summed E-state index contributed by atoms with van der Waals surface area (Å²) < 4.78 is 26.5. The number of rotatable bonds is 1. The molecule has 8 heavy (non-hydrogen) atoms. The van der Waals surface area contributed by atoms with Crippen LogP contribution in [0.3, 0.4) is 0 Å². The first-order valence-electron chi connectivity index (χ1n) is 1.04. The third-order valence-electron chi connectivity index (χ3n) is 0.174. The summed E-state index contributed by atoms with van der Waals surface area (Å²) in [7, 11) is -4.38. The van der Waals surface area contributed by atoms with Gasteiger partial charge in [-0.1, -0.05) is 0 Å². The van der Waals surface area contributed by atoms with Crippen LogP contribution in [0.25, 0.3) is 0 Å². The molecule has 0 aliphatic rings. The normalized spacial score (nSPS) is 11.0. The van der Waals surface area contributed by atoms with E-state index in [0.717, 1.165) is 0 Å². The number of hydrogen-bond acceptors (Lipinski definition) is 2. The molecule has 0 bridgehead atoms. The molecular weight excluding hydrogens is 224 g/mol. The molecule has 0 fully saturated rings. The zero-order valence-corrected chi connectivity index (χ0v) is 6.58. The Morgan fingerprint density at radius 1 is 1.38 bits per heavy atom. The molecule has 0 rings (SSSR count). The van der Waals surface area contributed by atoms with Gasteiger partial charge in [0.1, 0.15) is 0 Å². The summed E-state index contributed by atoms with van der Waals surface area (Å²) in [6, 6.07) is 0.